The Bertz CT molecular complexity index is 281. The fourth-order valence-electron chi connectivity index (χ4n) is 1.05. The molecule has 0 aliphatic heterocycles. The molecule has 0 radical (unpaired) electrons. The predicted octanol–water partition coefficient (Wildman–Crippen LogP) is 2.35. The van der Waals surface area contributed by atoms with Gasteiger partial charge in [0.1, 0.15) is 0 Å². The van der Waals surface area contributed by atoms with E-state index in [9.17, 15) is 9.59 Å². The molecule has 0 spiro atoms. The van der Waals surface area contributed by atoms with Crippen molar-refractivity contribution in [3.63, 3.8) is 0 Å². The summed E-state index contributed by atoms with van der Waals surface area (Å²) in [6.07, 6.45) is -0.664. The lowest BCUT2D eigenvalue weighted by atomic mass is 9.91. The van der Waals surface area contributed by atoms with E-state index in [0.29, 0.717) is 0 Å². The Morgan fingerprint density at radius 2 is 1.53 bits per heavy atom. The van der Waals surface area contributed by atoms with E-state index in [2.05, 4.69) is 0 Å². The lowest BCUT2D eigenvalue weighted by Gasteiger charge is -2.24. The molecule has 0 aromatic rings. The van der Waals surface area contributed by atoms with E-state index in [1.54, 1.807) is 27.7 Å². The highest BCUT2D eigenvalue weighted by atomic mass is 16.6. The Morgan fingerprint density at radius 1 is 1.06 bits per heavy atom. The van der Waals surface area contributed by atoms with Crippen LogP contribution in [0.4, 0.5) is 0 Å². The Labute approximate surface area is 104 Å². The molecule has 0 fully saturated rings. The second kappa shape index (κ2) is 5.63. The van der Waals surface area contributed by atoms with Gasteiger partial charge in [-0.15, -0.1) is 0 Å². The number of carbonyl (C=O) groups is 2. The predicted molar refractivity (Wildman–Crippen MR) is 65.7 cm³/mol. The van der Waals surface area contributed by atoms with Crippen molar-refractivity contribution in [3.05, 3.63) is 0 Å². The van der Waals surface area contributed by atoms with Crippen molar-refractivity contribution >= 4 is 11.8 Å². The van der Waals surface area contributed by atoms with Crippen molar-refractivity contribution in [3.8, 4) is 0 Å². The van der Waals surface area contributed by atoms with E-state index < -0.39 is 23.1 Å². The summed E-state index contributed by atoms with van der Waals surface area (Å²) in [5.74, 6) is -0.605. The minimum atomic E-state index is -0.664. The van der Waals surface area contributed by atoms with E-state index in [1.807, 2.05) is 20.8 Å². The first-order valence-corrected chi connectivity index (χ1v) is 5.81. The second-order valence-electron chi connectivity index (χ2n) is 6.15. The molecule has 0 aliphatic rings. The van der Waals surface area contributed by atoms with Crippen molar-refractivity contribution in [2.75, 3.05) is 6.61 Å². The van der Waals surface area contributed by atoms with Gasteiger partial charge in [0.25, 0.3) is 0 Å². The summed E-state index contributed by atoms with van der Waals surface area (Å²) in [5.41, 5.74) is -0.902. The maximum atomic E-state index is 11.6. The third-order valence-electron chi connectivity index (χ3n) is 2.04. The number of rotatable bonds is 4. The number of ether oxygens (including phenoxy) is 2. The quantitative estimate of drug-likeness (QED) is 0.712. The second-order valence-corrected chi connectivity index (χ2v) is 6.15. The first-order chi connectivity index (χ1) is 7.43. The van der Waals surface area contributed by atoms with E-state index >= 15 is 0 Å². The fourth-order valence-corrected chi connectivity index (χ4v) is 1.05. The zero-order valence-electron chi connectivity index (χ0n) is 11.9. The molecule has 0 N–H and O–H groups in total. The van der Waals surface area contributed by atoms with Crippen LogP contribution in [-0.2, 0) is 19.1 Å². The molecule has 0 bridgehead atoms. The average Bonchev–Trinajstić information content (AvgIpc) is 2.08. The van der Waals surface area contributed by atoms with Gasteiger partial charge in [-0.3, -0.25) is 4.79 Å². The molecule has 4 nitrogen and oxygen atoms in total. The van der Waals surface area contributed by atoms with Gasteiger partial charge in [-0.1, -0.05) is 20.8 Å². The van der Waals surface area contributed by atoms with E-state index in [1.165, 1.54) is 0 Å². The zero-order valence-corrected chi connectivity index (χ0v) is 11.9. The van der Waals surface area contributed by atoms with Crippen LogP contribution in [0.2, 0.25) is 0 Å². The first-order valence-electron chi connectivity index (χ1n) is 5.81. The summed E-state index contributed by atoms with van der Waals surface area (Å²) in [6, 6.07) is 0. The van der Waals surface area contributed by atoms with Gasteiger partial charge in [-0.25, -0.2) is 4.79 Å². The molecule has 0 saturated carbocycles. The Morgan fingerprint density at radius 3 is 1.88 bits per heavy atom. The average molecular weight is 244 g/mol. The fraction of sp³-hybridized carbons (Fsp3) is 0.846. The summed E-state index contributed by atoms with van der Waals surface area (Å²) in [4.78, 5) is 23.1. The summed E-state index contributed by atoms with van der Waals surface area (Å²) in [6.45, 7) is 12.4. The number of carbonyl (C=O) groups excluding carboxylic acids is 2. The van der Waals surface area contributed by atoms with Gasteiger partial charge in [-0.2, -0.15) is 0 Å². The smallest absolute Gasteiger partial charge is 0.335 e. The molecule has 0 saturated heterocycles. The number of hydrogen-bond donors (Lipinski definition) is 0. The molecule has 0 aromatic carbocycles. The third kappa shape index (κ3) is 7.10. The molecule has 1 atom stereocenters. The minimum Gasteiger partial charge on any atom is -0.456 e. The highest BCUT2D eigenvalue weighted by molar-refractivity contribution is 5.87. The lowest BCUT2D eigenvalue weighted by Crippen LogP contribution is -2.34. The summed E-state index contributed by atoms with van der Waals surface area (Å²) >= 11 is 0. The van der Waals surface area contributed by atoms with E-state index in [-0.39, 0.29) is 12.4 Å². The first kappa shape index (κ1) is 16.1. The number of Topliss-reactive ketones (excluding diaryl/α,β-unsaturated/α-hetero) is 1. The van der Waals surface area contributed by atoms with Gasteiger partial charge in [0, 0.05) is 5.41 Å². The molecule has 0 amide bonds. The van der Waals surface area contributed by atoms with Gasteiger partial charge in [-0.05, 0) is 27.7 Å². The SMILES string of the molecule is C[C@@H](OC(C)(C)C)C(=O)OCC(=O)C(C)(C)C. The van der Waals surface area contributed by atoms with Crippen LogP contribution in [0, 0.1) is 5.41 Å². The maximum Gasteiger partial charge on any atom is 0.335 e. The van der Waals surface area contributed by atoms with Crippen LogP contribution in [0.5, 0.6) is 0 Å². The summed E-state index contributed by atoms with van der Waals surface area (Å²) in [7, 11) is 0. The standard InChI is InChI=1S/C13H24O4/c1-9(17-13(5,6)7)11(15)16-8-10(14)12(2,3)4/h9H,8H2,1-7H3/t9-/m1/s1. The van der Waals surface area contributed by atoms with Gasteiger partial charge in [0.05, 0.1) is 5.60 Å². The summed E-state index contributed by atoms with van der Waals surface area (Å²) < 4.78 is 10.4. The van der Waals surface area contributed by atoms with E-state index in [4.69, 9.17) is 9.47 Å². The van der Waals surface area contributed by atoms with E-state index in [0.717, 1.165) is 0 Å². The Balaban J connectivity index is 4.16. The van der Waals surface area contributed by atoms with Gasteiger partial charge in [0.2, 0.25) is 0 Å². The number of hydrogen-bond acceptors (Lipinski definition) is 4. The van der Waals surface area contributed by atoms with Crippen LogP contribution in [0.3, 0.4) is 0 Å². The zero-order chi connectivity index (χ0) is 13.9. The highest BCUT2D eigenvalue weighted by Gasteiger charge is 2.26. The highest BCUT2D eigenvalue weighted by Crippen LogP contribution is 2.15. The monoisotopic (exact) mass is 244 g/mol. The van der Waals surface area contributed by atoms with Gasteiger partial charge in [0.15, 0.2) is 18.5 Å². The molecule has 0 unspecified atom stereocenters. The lowest BCUT2D eigenvalue weighted by molar-refractivity contribution is -0.167. The van der Waals surface area contributed by atoms with Gasteiger partial charge >= 0.3 is 5.97 Å². The number of esters is 1. The minimum absolute atomic E-state index is 0.103. The van der Waals surface area contributed by atoms with Crippen molar-refractivity contribution in [2.45, 2.75) is 60.2 Å². The largest absolute Gasteiger partial charge is 0.456 e. The van der Waals surface area contributed by atoms with Crippen LogP contribution in [0.25, 0.3) is 0 Å². The Kier molecular flexibility index (Phi) is 5.33. The normalized spacial score (nSPS) is 14.3. The van der Waals surface area contributed by atoms with Crippen molar-refractivity contribution < 1.29 is 19.1 Å². The molecule has 0 aliphatic carbocycles. The van der Waals surface area contributed by atoms with Crippen LogP contribution in [0.15, 0.2) is 0 Å². The molecule has 0 aromatic heterocycles. The molecular formula is C13H24O4. The summed E-state index contributed by atoms with van der Waals surface area (Å²) in [5, 5.41) is 0. The molecule has 100 valence electrons. The topological polar surface area (TPSA) is 52.6 Å². The van der Waals surface area contributed by atoms with Crippen molar-refractivity contribution in [1.82, 2.24) is 0 Å². The van der Waals surface area contributed by atoms with Crippen LogP contribution in [-0.4, -0.2) is 30.1 Å². The molecular weight excluding hydrogens is 220 g/mol. The maximum absolute atomic E-state index is 11.6. The van der Waals surface area contributed by atoms with Crippen molar-refractivity contribution in [2.24, 2.45) is 5.41 Å². The third-order valence-corrected chi connectivity index (χ3v) is 2.04. The van der Waals surface area contributed by atoms with Crippen LogP contribution in [0.1, 0.15) is 48.5 Å². The van der Waals surface area contributed by atoms with Crippen LogP contribution < -0.4 is 0 Å². The Hall–Kier alpha value is -0.900. The molecule has 0 heterocycles. The van der Waals surface area contributed by atoms with Gasteiger partial charge < -0.3 is 9.47 Å². The van der Waals surface area contributed by atoms with Crippen molar-refractivity contribution in [1.29, 1.82) is 0 Å². The van der Waals surface area contributed by atoms with Crippen LogP contribution >= 0.6 is 0 Å². The number of ketones is 1. The molecule has 0 rings (SSSR count). The molecule has 17 heavy (non-hydrogen) atoms. The molecule has 4 heteroatoms.